The van der Waals surface area contributed by atoms with E-state index in [9.17, 15) is 23.5 Å². The molecular formula is C39H47F4N5O5. The van der Waals surface area contributed by atoms with Crippen molar-refractivity contribution in [3.05, 3.63) is 41.9 Å². The average Bonchev–Trinajstić information content (AvgIpc) is 3.47. The maximum atomic E-state index is 15.4. The normalized spacial score (nSPS) is 31.3. The molecule has 10 nitrogen and oxygen atoms in total. The lowest BCUT2D eigenvalue weighted by Gasteiger charge is -2.59. The number of rotatable bonds is 11. The van der Waals surface area contributed by atoms with Gasteiger partial charge in [-0.3, -0.25) is 9.69 Å². The second-order valence-electron chi connectivity index (χ2n) is 16.5. The molecule has 4 bridgehead atoms. The van der Waals surface area contributed by atoms with Crippen molar-refractivity contribution < 1.29 is 41.7 Å². The minimum Gasteiger partial charge on any atom is -0.490 e. The number of likely N-dealkylation sites (tertiary alicyclic amines) is 1. The number of methoxy groups -OCH3 is 1. The first-order valence-electron chi connectivity index (χ1n) is 18.9. The van der Waals surface area contributed by atoms with E-state index in [4.69, 9.17) is 9.47 Å². The van der Waals surface area contributed by atoms with E-state index in [1.807, 2.05) is 34.6 Å². The fraction of sp³-hybridized carbons (Fsp3) is 0.641. The number of amides is 1. The molecule has 1 atom stereocenters. The van der Waals surface area contributed by atoms with Crippen molar-refractivity contribution in [3.8, 4) is 17.1 Å². The molecule has 1 amide bonds. The molecule has 5 aliphatic carbocycles. The summed E-state index contributed by atoms with van der Waals surface area (Å²) < 4.78 is 71.4. The maximum Gasteiger partial charge on any atom is 0.330 e. The van der Waals surface area contributed by atoms with Gasteiger partial charge in [0.05, 0.1) is 42.9 Å². The van der Waals surface area contributed by atoms with E-state index < -0.39 is 40.5 Å². The number of carbonyl (C=O) groups is 2. The van der Waals surface area contributed by atoms with Crippen LogP contribution in [-0.4, -0.2) is 86.8 Å². The van der Waals surface area contributed by atoms with Gasteiger partial charge in [0.1, 0.15) is 17.0 Å². The zero-order chi connectivity index (χ0) is 37.4. The van der Waals surface area contributed by atoms with Gasteiger partial charge in [0.2, 0.25) is 0 Å². The van der Waals surface area contributed by atoms with E-state index in [0.29, 0.717) is 67.7 Å². The largest absolute Gasteiger partial charge is 0.490 e. The second kappa shape index (κ2) is 13.2. The Morgan fingerprint density at radius 3 is 2.30 bits per heavy atom. The van der Waals surface area contributed by atoms with Gasteiger partial charge in [-0.05, 0) is 101 Å². The van der Waals surface area contributed by atoms with Crippen molar-refractivity contribution in [2.45, 2.75) is 107 Å². The van der Waals surface area contributed by atoms with Crippen LogP contribution in [0.25, 0.3) is 22.3 Å². The molecule has 6 fully saturated rings. The maximum absolute atomic E-state index is 15.4. The molecule has 9 rings (SSSR count). The number of benzene rings is 1. The van der Waals surface area contributed by atoms with Crippen molar-refractivity contribution in [1.29, 1.82) is 0 Å². The van der Waals surface area contributed by atoms with Gasteiger partial charge in [-0.2, -0.15) is 8.78 Å². The molecular weight excluding hydrogens is 694 g/mol. The molecule has 1 aromatic carbocycles. The Hall–Kier alpha value is -3.78. The predicted molar refractivity (Wildman–Crippen MR) is 187 cm³/mol. The van der Waals surface area contributed by atoms with Crippen LogP contribution >= 0.6 is 0 Å². The SMILES string of the molecule is COC[C@@H](C)n1cc(-c2ncc(C(=O)NC3(C(=O)O)C4CC5CC(C4)CC3C5)c(C(C)(F)F)n2)c2ccc(O[C@H]3CC[C@H](N4CC(F)(F)C4)CC3)cc21. The number of alkyl halides is 4. The van der Waals surface area contributed by atoms with Crippen LogP contribution in [0, 0.1) is 23.7 Å². The van der Waals surface area contributed by atoms with Crippen LogP contribution in [0.5, 0.6) is 5.75 Å². The van der Waals surface area contributed by atoms with Gasteiger partial charge in [0, 0.05) is 49.5 Å². The molecule has 14 heteroatoms. The highest BCUT2D eigenvalue weighted by Gasteiger charge is 2.62. The average molecular weight is 742 g/mol. The highest BCUT2D eigenvalue weighted by molar-refractivity contribution is 6.00. The Kier molecular flexibility index (Phi) is 9.02. The molecule has 0 radical (unpaired) electrons. The summed E-state index contributed by atoms with van der Waals surface area (Å²) in [6.07, 6.45) is 9.75. The number of hydrogen-bond acceptors (Lipinski definition) is 7. The third kappa shape index (κ3) is 6.47. The van der Waals surface area contributed by atoms with Gasteiger partial charge in [-0.15, -0.1) is 0 Å². The number of ether oxygens (including phenoxy) is 2. The van der Waals surface area contributed by atoms with Crippen LogP contribution in [0.2, 0.25) is 0 Å². The molecule has 1 saturated heterocycles. The van der Waals surface area contributed by atoms with E-state index in [1.165, 1.54) is 0 Å². The quantitative estimate of drug-likeness (QED) is 0.201. The van der Waals surface area contributed by atoms with Crippen molar-refractivity contribution in [3.63, 3.8) is 0 Å². The topological polar surface area (TPSA) is 119 Å². The zero-order valence-corrected chi connectivity index (χ0v) is 30.3. The number of hydrogen-bond donors (Lipinski definition) is 2. The van der Waals surface area contributed by atoms with Gasteiger partial charge < -0.3 is 24.5 Å². The van der Waals surface area contributed by atoms with Crippen molar-refractivity contribution in [2.24, 2.45) is 23.7 Å². The first-order chi connectivity index (χ1) is 25.1. The number of aromatic nitrogens is 3. The van der Waals surface area contributed by atoms with E-state index in [1.54, 1.807) is 13.3 Å². The molecule has 0 unspecified atom stereocenters. The summed E-state index contributed by atoms with van der Waals surface area (Å²) >= 11 is 0. The summed E-state index contributed by atoms with van der Waals surface area (Å²) in [6.45, 7) is 2.64. The number of nitrogens with one attached hydrogen (secondary N) is 1. The lowest BCUT2D eigenvalue weighted by molar-refractivity contribution is -0.163. The fourth-order valence-electron chi connectivity index (χ4n) is 10.5. The Morgan fingerprint density at radius 2 is 1.72 bits per heavy atom. The number of aliphatic carboxylic acids is 1. The minimum absolute atomic E-state index is 0.00224. The fourth-order valence-corrected chi connectivity index (χ4v) is 10.5. The number of carboxylic acid groups (broad SMARTS) is 1. The minimum atomic E-state index is -3.54. The Bertz CT molecular complexity index is 1870. The standard InChI is InChI=1S/C39H47F4N5O5/c1-21(18-52-3)48-17-31(29-9-8-28(15-32(29)48)53-27-6-4-26(5-7-27)47-19-38(42,43)20-47)34-44-16-30(33(45-34)37(2,40)41)35(49)46-39(36(50)51)24-11-22-10-23(13-24)14-25(39)12-22/h8-9,15-17,21-27H,4-7,10-14,18-20H2,1-3H3,(H,46,49)(H,50,51)/t21-,22?,23?,24?,25?,26-,27-,39?/m1/s1. The number of nitrogens with zero attached hydrogens (tertiary/aromatic N) is 4. The summed E-state index contributed by atoms with van der Waals surface area (Å²) in [4.78, 5) is 37.4. The van der Waals surface area contributed by atoms with Crippen molar-refractivity contribution in [2.75, 3.05) is 26.8 Å². The van der Waals surface area contributed by atoms with Crippen LogP contribution in [0.3, 0.4) is 0 Å². The molecule has 1 aliphatic heterocycles. The van der Waals surface area contributed by atoms with E-state index in [0.717, 1.165) is 43.8 Å². The summed E-state index contributed by atoms with van der Waals surface area (Å²) in [5.74, 6) is -7.16. The molecule has 2 aromatic heterocycles. The third-order valence-electron chi connectivity index (χ3n) is 12.8. The van der Waals surface area contributed by atoms with Crippen molar-refractivity contribution in [1.82, 2.24) is 24.8 Å². The summed E-state index contributed by atoms with van der Waals surface area (Å²) in [7, 11) is 1.59. The number of carboxylic acids is 1. The highest BCUT2D eigenvalue weighted by Crippen LogP contribution is 2.58. The van der Waals surface area contributed by atoms with Crippen LogP contribution in [0.1, 0.15) is 93.7 Å². The lowest BCUT2D eigenvalue weighted by atomic mass is 9.48. The molecule has 5 saturated carbocycles. The van der Waals surface area contributed by atoms with Gasteiger partial charge >= 0.3 is 5.97 Å². The van der Waals surface area contributed by atoms with E-state index in [-0.39, 0.29) is 48.9 Å². The molecule has 3 heterocycles. The Morgan fingerprint density at radius 1 is 1.06 bits per heavy atom. The molecule has 3 aromatic rings. The smallest absolute Gasteiger partial charge is 0.330 e. The third-order valence-corrected chi connectivity index (χ3v) is 12.8. The van der Waals surface area contributed by atoms with E-state index >= 15 is 8.78 Å². The molecule has 2 N–H and O–H groups in total. The number of carbonyl (C=O) groups excluding carboxylic acids is 1. The monoisotopic (exact) mass is 741 g/mol. The Balaban J connectivity index is 1.07. The van der Waals surface area contributed by atoms with Gasteiger partial charge in [0.25, 0.3) is 17.8 Å². The molecule has 6 aliphatic rings. The highest BCUT2D eigenvalue weighted by atomic mass is 19.3. The molecule has 0 spiro atoms. The van der Waals surface area contributed by atoms with Crippen LogP contribution in [-0.2, 0) is 15.5 Å². The zero-order valence-electron chi connectivity index (χ0n) is 30.3. The molecule has 286 valence electrons. The molecule has 53 heavy (non-hydrogen) atoms. The number of halogens is 4. The van der Waals surface area contributed by atoms with E-state index in [2.05, 4.69) is 15.3 Å². The van der Waals surface area contributed by atoms with Crippen LogP contribution in [0.15, 0.2) is 30.6 Å². The van der Waals surface area contributed by atoms with Gasteiger partial charge in [-0.25, -0.2) is 23.5 Å². The van der Waals surface area contributed by atoms with Crippen LogP contribution < -0.4 is 10.1 Å². The Labute approximate surface area is 305 Å². The predicted octanol–water partition coefficient (Wildman–Crippen LogP) is 7.07. The summed E-state index contributed by atoms with van der Waals surface area (Å²) in [6, 6.07) is 5.51. The van der Waals surface area contributed by atoms with Gasteiger partial charge in [0.15, 0.2) is 5.82 Å². The van der Waals surface area contributed by atoms with Gasteiger partial charge in [-0.1, -0.05) is 0 Å². The second-order valence-corrected chi connectivity index (χ2v) is 16.5. The first-order valence-corrected chi connectivity index (χ1v) is 18.9. The summed E-state index contributed by atoms with van der Waals surface area (Å²) in [5.41, 5.74) is -1.51. The lowest BCUT2D eigenvalue weighted by Crippen LogP contribution is -2.70. The van der Waals surface area contributed by atoms with Crippen LogP contribution in [0.4, 0.5) is 17.6 Å². The van der Waals surface area contributed by atoms with Crippen molar-refractivity contribution >= 4 is 22.8 Å². The summed E-state index contributed by atoms with van der Waals surface area (Å²) in [5, 5.41) is 14.0. The number of fused-ring (bicyclic) bond motifs is 1. The first kappa shape index (κ1) is 36.2.